The van der Waals surface area contributed by atoms with Gasteiger partial charge in [-0.05, 0) is 38.5 Å². The molecule has 5 heteroatoms. The van der Waals surface area contributed by atoms with Crippen LogP contribution in [0, 0.1) is 5.41 Å². The maximum absolute atomic E-state index is 12.8. The van der Waals surface area contributed by atoms with Gasteiger partial charge in [-0.15, -0.1) is 0 Å². The third-order valence-corrected chi connectivity index (χ3v) is 4.81. The van der Waals surface area contributed by atoms with Crippen LogP contribution in [-0.4, -0.2) is 40.1 Å². The van der Waals surface area contributed by atoms with Gasteiger partial charge in [0.15, 0.2) is 0 Å². The van der Waals surface area contributed by atoms with E-state index in [1.165, 1.54) is 0 Å². The second-order valence-corrected chi connectivity index (χ2v) is 5.75. The van der Waals surface area contributed by atoms with Crippen LogP contribution in [0.15, 0.2) is 0 Å². The van der Waals surface area contributed by atoms with Crippen LogP contribution in [0.5, 0.6) is 0 Å². The highest BCUT2D eigenvalue weighted by Gasteiger charge is 2.43. The lowest BCUT2D eigenvalue weighted by molar-refractivity contribution is -0.139. The van der Waals surface area contributed by atoms with Crippen molar-refractivity contribution in [3.8, 4) is 0 Å². The van der Waals surface area contributed by atoms with E-state index >= 15 is 0 Å². The molecule has 0 aliphatic carbocycles. The zero-order valence-electron chi connectivity index (χ0n) is 12.0. The highest BCUT2D eigenvalue weighted by Crippen LogP contribution is 2.33. The van der Waals surface area contributed by atoms with Crippen LogP contribution < -0.4 is 5.73 Å². The summed E-state index contributed by atoms with van der Waals surface area (Å²) < 4.78 is 0. The Kier molecular flexibility index (Phi) is 6.20. The number of aliphatic hydroxyl groups excluding tert-OH is 1. The van der Waals surface area contributed by atoms with E-state index in [0.717, 1.165) is 32.2 Å². The Morgan fingerprint density at radius 1 is 1.47 bits per heavy atom. The van der Waals surface area contributed by atoms with Crippen molar-refractivity contribution in [2.24, 2.45) is 11.1 Å². The van der Waals surface area contributed by atoms with Gasteiger partial charge in [0.25, 0.3) is 0 Å². The van der Waals surface area contributed by atoms with Gasteiger partial charge in [-0.1, -0.05) is 26.1 Å². The number of hydrogen-bond donors (Lipinski definition) is 2. The topological polar surface area (TPSA) is 66.6 Å². The Morgan fingerprint density at radius 3 is 2.58 bits per heavy atom. The average molecular weight is 286 g/mol. The number of thiocarbonyl (C=S) groups is 1. The molecule has 0 aromatic rings. The predicted octanol–water partition coefficient (Wildman–Crippen LogP) is 1.84. The van der Waals surface area contributed by atoms with E-state index in [1.54, 1.807) is 0 Å². The Bertz CT molecular complexity index is 329. The van der Waals surface area contributed by atoms with Gasteiger partial charge in [-0.3, -0.25) is 4.79 Å². The Balaban J connectivity index is 2.87. The third-order valence-electron chi connectivity index (χ3n) is 4.42. The third kappa shape index (κ3) is 3.26. The highest BCUT2D eigenvalue weighted by molar-refractivity contribution is 7.80. The van der Waals surface area contributed by atoms with Crippen molar-refractivity contribution in [2.45, 2.75) is 58.4 Å². The number of amides is 1. The van der Waals surface area contributed by atoms with Gasteiger partial charge in [-0.2, -0.15) is 0 Å². The molecule has 0 spiro atoms. The lowest BCUT2D eigenvalue weighted by atomic mass is 9.80. The fourth-order valence-corrected chi connectivity index (χ4v) is 3.39. The number of carbonyl (C=O) groups is 1. The Morgan fingerprint density at radius 2 is 2.11 bits per heavy atom. The van der Waals surface area contributed by atoms with Crippen molar-refractivity contribution < 1.29 is 9.90 Å². The number of rotatable bonds is 7. The van der Waals surface area contributed by atoms with E-state index in [1.807, 2.05) is 18.7 Å². The van der Waals surface area contributed by atoms with Crippen LogP contribution >= 0.6 is 12.2 Å². The van der Waals surface area contributed by atoms with Crippen LogP contribution in [0.2, 0.25) is 0 Å². The molecule has 0 aromatic carbocycles. The molecule has 1 aliphatic heterocycles. The average Bonchev–Trinajstić information content (AvgIpc) is 2.86. The molecule has 1 rings (SSSR count). The van der Waals surface area contributed by atoms with E-state index in [9.17, 15) is 4.79 Å². The van der Waals surface area contributed by atoms with Gasteiger partial charge in [0.1, 0.15) is 0 Å². The van der Waals surface area contributed by atoms with Crippen LogP contribution in [0.25, 0.3) is 0 Å². The van der Waals surface area contributed by atoms with Crippen molar-refractivity contribution in [1.29, 1.82) is 0 Å². The van der Waals surface area contributed by atoms with E-state index in [2.05, 4.69) is 0 Å². The minimum Gasteiger partial charge on any atom is -0.396 e. The second kappa shape index (κ2) is 7.20. The first-order valence-corrected chi connectivity index (χ1v) is 7.66. The van der Waals surface area contributed by atoms with Gasteiger partial charge >= 0.3 is 0 Å². The lowest BCUT2D eigenvalue weighted by Gasteiger charge is -2.36. The van der Waals surface area contributed by atoms with Crippen LogP contribution in [0.3, 0.4) is 0 Å². The fourth-order valence-electron chi connectivity index (χ4n) is 3.01. The van der Waals surface area contributed by atoms with E-state index in [-0.39, 0.29) is 18.6 Å². The number of nitrogens with two attached hydrogens (primary N) is 1. The quantitative estimate of drug-likeness (QED) is 0.701. The first-order valence-electron chi connectivity index (χ1n) is 7.25. The first kappa shape index (κ1) is 16.4. The molecule has 1 fully saturated rings. The summed E-state index contributed by atoms with van der Waals surface area (Å²) >= 11 is 5.16. The summed E-state index contributed by atoms with van der Waals surface area (Å²) in [7, 11) is 0. The molecule has 3 N–H and O–H groups in total. The molecule has 19 heavy (non-hydrogen) atoms. The van der Waals surface area contributed by atoms with Crippen LogP contribution in [0.1, 0.15) is 52.4 Å². The molecule has 110 valence electrons. The summed E-state index contributed by atoms with van der Waals surface area (Å²) in [4.78, 5) is 15.1. The highest BCUT2D eigenvalue weighted by atomic mass is 32.1. The molecule has 1 heterocycles. The van der Waals surface area contributed by atoms with Gasteiger partial charge < -0.3 is 15.7 Å². The van der Waals surface area contributed by atoms with Gasteiger partial charge in [-0.25, -0.2) is 0 Å². The van der Waals surface area contributed by atoms with Crippen molar-refractivity contribution in [3.05, 3.63) is 0 Å². The largest absolute Gasteiger partial charge is 0.396 e. The monoisotopic (exact) mass is 286 g/mol. The van der Waals surface area contributed by atoms with Crippen molar-refractivity contribution >= 4 is 23.1 Å². The Hall–Kier alpha value is -0.680. The number of carbonyl (C=O) groups excluding carboxylic acids is 1. The van der Waals surface area contributed by atoms with Crippen molar-refractivity contribution in [2.75, 3.05) is 13.2 Å². The van der Waals surface area contributed by atoms with Gasteiger partial charge in [0.2, 0.25) is 5.91 Å². The smallest absolute Gasteiger partial charge is 0.235 e. The molecule has 0 aromatic heterocycles. The predicted molar refractivity (Wildman–Crippen MR) is 80.9 cm³/mol. The minimum atomic E-state index is -0.683. The molecule has 0 radical (unpaired) electrons. The van der Waals surface area contributed by atoms with E-state index < -0.39 is 5.41 Å². The molecular weight excluding hydrogens is 260 g/mol. The zero-order chi connectivity index (χ0) is 14.5. The molecule has 1 aliphatic rings. The first-order chi connectivity index (χ1) is 9.03. The maximum Gasteiger partial charge on any atom is 0.235 e. The van der Waals surface area contributed by atoms with E-state index in [4.69, 9.17) is 23.1 Å². The molecular formula is C14H26N2O2S. The number of likely N-dealkylation sites (tertiary alicyclic amines) is 1. The molecule has 1 amide bonds. The summed E-state index contributed by atoms with van der Waals surface area (Å²) in [6.45, 7) is 4.92. The molecule has 0 saturated carbocycles. The molecule has 1 atom stereocenters. The maximum atomic E-state index is 12.8. The Labute approximate surface area is 121 Å². The lowest BCUT2D eigenvalue weighted by Crippen LogP contribution is -2.51. The van der Waals surface area contributed by atoms with Gasteiger partial charge in [0.05, 0.1) is 10.4 Å². The number of nitrogens with zero attached hydrogens (tertiary/aromatic N) is 1. The summed E-state index contributed by atoms with van der Waals surface area (Å²) in [5.41, 5.74) is 5.17. The fraction of sp³-hybridized carbons (Fsp3) is 0.857. The van der Waals surface area contributed by atoms with Crippen LogP contribution in [-0.2, 0) is 4.79 Å². The van der Waals surface area contributed by atoms with Crippen molar-refractivity contribution in [1.82, 2.24) is 4.90 Å². The summed E-state index contributed by atoms with van der Waals surface area (Å²) in [6, 6.07) is 0.242. The van der Waals surface area contributed by atoms with E-state index in [0.29, 0.717) is 17.8 Å². The zero-order valence-corrected chi connectivity index (χ0v) is 12.8. The molecule has 0 bridgehead atoms. The standard InChI is InChI=1S/C14H26N2O2S/c1-3-14(4-2,12(15)19)13(18)16-9-5-7-11(16)8-6-10-17/h11,17H,3-10H2,1-2H3,(H2,15,19). The molecule has 4 nitrogen and oxygen atoms in total. The summed E-state index contributed by atoms with van der Waals surface area (Å²) in [5, 5.41) is 8.95. The second-order valence-electron chi connectivity index (χ2n) is 5.31. The van der Waals surface area contributed by atoms with Crippen molar-refractivity contribution in [3.63, 3.8) is 0 Å². The summed E-state index contributed by atoms with van der Waals surface area (Å²) in [5.74, 6) is 0.0884. The molecule has 1 unspecified atom stereocenters. The molecule has 1 saturated heterocycles. The van der Waals surface area contributed by atoms with Crippen LogP contribution in [0.4, 0.5) is 0 Å². The number of hydrogen-bond acceptors (Lipinski definition) is 3. The number of aliphatic hydroxyl groups is 1. The SMILES string of the molecule is CCC(CC)(C(=O)N1CCCC1CCCO)C(N)=S. The minimum absolute atomic E-state index is 0.0884. The summed E-state index contributed by atoms with van der Waals surface area (Å²) in [6.07, 6.45) is 4.97. The normalized spacial score (nSPS) is 19.7. The van der Waals surface area contributed by atoms with Gasteiger partial charge in [0, 0.05) is 19.2 Å².